The van der Waals surface area contributed by atoms with Crippen LogP contribution in [-0.2, 0) is 0 Å². The van der Waals surface area contributed by atoms with Gasteiger partial charge in [0.1, 0.15) is 11.2 Å². The second-order valence-electron chi connectivity index (χ2n) is 12.9. The van der Waals surface area contributed by atoms with Gasteiger partial charge in [-0.2, -0.15) is 0 Å². The van der Waals surface area contributed by atoms with Gasteiger partial charge in [0.15, 0.2) is 0 Å². The summed E-state index contributed by atoms with van der Waals surface area (Å²) in [4.78, 5) is 2.42. The Kier molecular flexibility index (Phi) is 7.04. The van der Waals surface area contributed by atoms with E-state index in [0.717, 1.165) is 33.6 Å². The van der Waals surface area contributed by atoms with Crippen molar-refractivity contribution in [2.24, 2.45) is 0 Å². The first kappa shape index (κ1) is 29.5. The fourth-order valence-corrected chi connectivity index (χ4v) is 8.77. The van der Waals surface area contributed by atoms with Gasteiger partial charge in [-0.25, -0.2) is 0 Å². The highest BCUT2D eigenvalue weighted by molar-refractivity contribution is 7.26. The van der Waals surface area contributed by atoms with Gasteiger partial charge in [0.2, 0.25) is 0 Å². The molecular formula is C48H31NOS. The van der Waals surface area contributed by atoms with Gasteiger partial charge < -0.3 is 9.32 Å². The molecule has 0 aliphatic heterocycles. The maximum absolute atomic E-state index is 6.35. The van der Waals surface area contributed by atoms with Gasteiger partial charge in [0.25, 0.3) is 0 Å². The van der Waals surface area contributed by atoms with Crippen molar-refractivity contribution < 1.29 is 4.42 Å². The second kappa shape index (κ2) is 12.2. The molecule has 0 aliphatic rings. The zero-order valence-corrected chi connectivity index (χ0v) is 28.5. The number of furan rings is 1. The molecule has 2 aromatic heterocycles. The number of benzene rings is 8. The molecule has 0 saturated carbocycles. The van der Waals surface area contributed by atoms with Gasteiger partial charge in [-0.1, -0.05) is 140 Å². The number of thiophene rings is 1. The predicted molar refractivity (Wildman–Crippen MR) is 218 cm³/mol. The van der Waals surface area contributed by atoms with Crippen LogP contribution in [0.5, 0.6) is 0 Å². The van der Waals surface area contributed by atoms with E-state index in [1.165, 1.54) is 58.9 Å². The monoisotopic (exact) mass is 669 g/mol. The highest BCUT2D eigenvalue weighted by Crippen LogP contribution is 2.50. The molecule has 0 fully saturated rings. The van der Waals surface area contributed by atoms with Crippen LogP contribution in [0.2, 0.25) is 0 Å². The quantitative estimate of drug-likeness (QED) is 0.175. The normalized spacial score (nSPS) is 11.5. The molecule has 51 heavy (non-hydrogen) atoms. The third-order valence-corrected chi connectivity index (χ3v) is 11.1. The molecule has 0 saturated heterocycles. The van der Waals surface area contributed by atoms with Crippen molar-refractivity contribution in [1.29, 1.82) is 0 Å². The first-order valence-electron chi connectivity index (χ1n) is 17.3. The minimum Gasteiger partial charge on any atom is -0.456 e. The van der Waals surface area contributed by atoms with Crippen molar-refractivity contribution >= 4 is 70.5 Å². The predicted octanol–water partition coefficient (Wildman–Crippen LogP) is 14.4. The third kappa shape index (κ3) is 5.01. The molecule has 0 amide bonds. The number of fused-ring (bicyclic) bond motifs is 7. The van der Waals surface area contributed by atoms with Crippen molar-refractivity contribution in [3.63, 3.8) is 0 Å². The summed E-state index contributed by atoms with van der Waals surface area (Å²) in [6.45, 7) is 0. The highest BCUT2D eigenvalue weighted by atomic mass is 32.1. The van der Waals surface area contributed by atoms with E-state index in [0.29, 0.717) is 0 Å². The van der Waals surface area contributed by atoms with Crippen LogP contribution < -0.4 is 4.90 Å². The molecule has 0 radical (unpaired) electrons. The molecule has 10 aromatic rings. The zero-order chi connectivity index (χ0) is 33.7. The molecule has 0 atom stereocenters. The maximum Gasteiger partial charge on any atom is 0.136 e. The Hall–Kier alpha value is -6.42. The third-order valence-electron chi connectivity index (χ3n) is 9.89. The lowest BCUT2D eigenvalue weighted by molar-refractivity contribution is 0.669. The Morgan fingerprint density at radius 3 is 1.51 bits per heavy atom. The summed E-state index contributed by atoms with van der Waals surface area (Å²) in [6.07, 6.45) is 0. The maximum atomic E-state index is 6.35. The lowest BCUT2D eigenvalue weighted by Crippen LogP contribution is -2.11. The Labute approximate surface area is 300 Å². The molecule has 0 unspecified atom stereocenters. The van der Waals surface area contributed by atoms with Crippen molar-refractivity contribution in [2.45, 2.75) is 0 Å². The van der Waals surface area contributed by atoms with Crippen LogP contribution in [0.25, 0.3) is 75.5 Å². The molecule has 10 rings (SSSR count). The first-order chi connectivity index (χ1) is 25.3. The van der Waals surface area contributed by atoms with E-state index < -0.39 is 0 Å². The lowest BCUT2D eigenvalue weighted by atomic mass is 9.97. The average molecular weight is 670 g/mol. The molecule has 240 valence electrons. The summed E-state index contributed by atoms with van der Waals surface area (Å²) < 4.78 is 8.87. The lowest BCUT2D eigenvalue weighted by Gasteiger charge is -2.28. The number of hydrogen-bond acceptors (Lipinski definition) is 3. The summed E-state index contributed by atoms with van der Waals surface area (Å²) in [5.74, 6) is 0. The van der Waals surface area contributed by atoms with Crippen LogP contribution in [0.4, 0.5) is 17.1 Å². The first-order valence-corrected chi connectivity index (χ1v) is 18.1. The molecule has 0 bridgehead atoms. The fraction of sp³-hybridized carbons (Fsp3) is 0. The highest BCUT2D eigenvalue weighted by Gasteiger charge is 2.23. The van der Waals surface area contributed by atoms with Crippen molar-refractivity contribution in [3.05, 3.63) is 188 Å². The molecule has 2 heterocycles. The molecule has 2 nitrogen and oxygen atoms in total. The molecule has 0 spiro atoms. The van der Waals surface area contributed by atoms with Crippen LogP contribution in [0.1, 0.15) is 0 Å². The summed E-state index contributed by atoms with van der Waals surface area (Å²) in [7, 11) is 0. The van der Waals surface area contributed by atoms with E-state index in [2.05, 4.69) is 187 Å². The van der Waals surface area contributed by atoms with Crippen LogP contribution >= 0.6 is 11.3 Å². The molecule has 3 heteroatoms. The second-order valence-corrected chi connectivity index (χ2v) is 13.9. The average Bonchev–Trinajstić information content (AvgIpc) is 3.78. The number of hydrogen-bond donors (Lipinski definition) is 0. The van der Waals surface area contributed by atoms with Gasteiger partial charge in [-0.15, -0.1) is 11.3 Å². The van der Waals surface area contributed by atoms with Gasteiger partial charge in [-0.3, -0.25) is 0 Å². The standard InChI is InChI=1S/C48H31NOS/c1-4-12-32(13-5-1)34-20-24-37(25-21-34)49(38-26-22-35(23-27-38)33-14-6-2-7-15-33)41-29-28-40-47-44(51-48(40)45(41)36-16-8-3-9-17-36)31-30-43-46(47)39-18-10-11-19-42(39)50-43/h1-31H. The van der Waals surface area contributed by atoms with E-state index >= 15 is 0 Å². The van der Waals surface area contributed by atoms with Gasteiger partial charge in [-0.05, 0) is 76.3 Å². The molecule has 0 N–H and O–H groups in total. The number of para-hydroxylation sites is 1. The summed E-state index contributed by atoms with van der Waals surface area (Å²) in [5.41, 5.74) is 12.4. The molecule has 0 aliphatic carbocycles. The minimum absolute atomic E-state index is 0.920. The Balaban J connectivity index is 1.23. The van der Waals surface area contributed by atoms with Crippen LogP contribution in [0, 0.1) is 0 Å². The summed E-state index contributed by atoms with van der Waals surface area (Å²) in [5, 5.41) is 4.84. The van der Waals surface area contributed by atoms with Crippen LogP contribution in [0.3, 0.4) is 0 Å². The zero-order valence-electron chi connectivity index (χ0n) is 27.7. The largest absolute Gasteiger partial charge is 0.456 e. The van der Waals surface area contributed by atoms with Crippen LogP contribution in [0.15, 0.2) is 192 Å². The van der Waals surface area contributed by atoms with E-state index in [4.69, 9.17) is 4.42 Å². The van der Waals surface area contributed by atoms with Crippen molar-refractivity contribution in [1.82, 2.24) is 0 Å². The van der Waals surface area contributed by atoms with E-state index in [-0.39, 0.29) is 0 Å². The van der Waals surface area contributed by atoms with Gasteiger partial charge in [0.05, 0.1) is 5.69 Å². The summed E-state index contributed by atoms with van der Waals surface area (Å²) in [6, 6.07) is 67.3. The van der Waals surface area contributed by atoms with Crippen molar-refractivity contribution in [2.75, 3.05) is 4.90 Å². The van der Waals surface area contributed by atoms with Crippen LogP contribution in [-0.4, -0.2) is 0 Å². The Morgan fingerprint density at radius 2 is 0.902 bits per heavy atom. The van der Waals surface area contributed by atoms with E-state index in [1.807, 2.05) is 17.4 Å². The Bertz CT molecular complexity index is 2730. The topological polar surface area (TPSA) is 16.4 Å². The number of rotatable bonds is 6. The van der Waals surface area contributed by atoms with Gasteiger partial charge >= 0.3 is 0 Å². The van der Waals surface area contributed by atoms with E-state index in [1.54, 1.807) is 0 Å². The minimum atomic E-state index is 0.920. The number of nitrogens with zero attached hydrogens (tertiary/aromatic N) is 1. The molecular weight excluding hydrogens is 639 g/mol. The van der Waals surface area contributed by atoms with Gasteiger partial charge in [0, 0.05) is 47.9 Å². The molecule has 8 aromatic carbocycles. The SMILES string of the molecule is c1ccc(-c2ccc(N(c3ccc(-c4ccccc4)cc3)c3ccc4c(sc5ccc6oc7ccccc7c6c54)c3-c3ccccc3)cc2)cc1. The van der Waals surface area contributed by atoms with Crippen molar-refractivity contribution in [3.8, 4) is 33.4 Å². The smallest absolute Gasteiger partial charge is 0.136 e. The fourth-order valence-electron chi connectivity index (χ4n) is 7.50. The number of anilines is 3. The van der Waals surface area contributed by atoms with E-state index in [9.17, 15) is 0 Å². The summed E-state index contributed by atoms with van der Waals surface area (Å²) >= 11 is 1.86. The Morgan fingerprint density at radius 1 is 0.373 bits per heavy atom.